The Morgan fingerprint density at radius 3 is 1.15 bits per heavy atom. The van der Waals surface area contributed by atoms with Crippen LogP contribution in [0.4, 0.5) is 0 Å². The summed E-state index contributed by atoms with van der Waals surface area (Å²) < 4.78 is 11.3. The number of aliphatic hydroxyl groups excluding tert-OH is 5. The van der Waals surface area contributed by atoms with E-state index in [-0.39, 0.29) is 12.5 Å². The molecule has 1 amide bonds. The molecule has 0 aromatic rings. The lowest BCUT2D eigenvalue weighted by Gasteiger charge is -2.40. The Labute approximate surface area is 383 Å². The molecule has 7 unspecified atom stereocenters. The summed E-state index contributed by atoms with van der Waals surface area (Å²) >= 11 is 0. The second-order valence-corrected chi connectivity index (χ2v) is 19.4. The number of hydrogen-bond acceptors (Lipinski definition) is 8. The van der Waals surface area contributed by atoms with E-state index in [1.165, 1.54) is 212 Å². The fourth-order valence-electron chi connectivity index (χ4n) is 9.11. The Hall–Kier alpha value is -0.810. The molecule has 0 aromatic carbocycles. The summed E-state index contributed by atoms with van der Waals surface area (Å²) in [6.07, 6.45) is 44.0. The number of unbranched alkanes of at least 4 members (excludes halogenated alkanes) is 37. The molecule has 0 bridgehead atoms. The molecular weight excluding hydrogens is 779 g/mol. The highest BCUT2D eigenvalue weighted by Crippen LogP contribution is 2.23. The van der Waals surface area contributed by atoms with E-state index in [0.717, 1.165) is 38.5 Å². The molecule has 7 atom stereocenters. The molecule has 0 aliphatic carbocycles. The molecule has 1 heterocycles. The van der Waals surface area contributed by atoms with Crippen LogP contribution in [0, 0.1) is 0 Å². The predicted molar refractivity (Wildman–Crippen MR) is 258 cm³/mol. The monoisotopic (exact) mass is 884 g/mol. The van der Waals surface area contributed by atoms with Crippen molar-refractivity contribution < 1.29 is 39.8 Å². The standard InChI is InChI=1S/C53H105NO8/c1-3-5-7-9-11-13-15-17-19-21-23-25-27-29-31-33-35-37-39-41-43-49(57)54-46(45-61-53-52(60)51(59)50(58)48(44-55)62-53)47(56)42-40-38-36-34-32-30-28-26-24-22-20-18-16-14-12-10-8-6-4-2/h46-48,50-53,55-56,58-60H,3-45H2,1-2H3,(H,54,57). The highest BCUT2D eigenvalue weighted by atomic mass is 16.7. The van der Waals surface area contributed by atoms with Crippen molar-refractivity contribution in [2.75, 3.05) is 13.2 Å². The highest BCUT2D eigenvalue weighted by Gasteiger charge is 2.44. The average molecular weight is 884 g/mol. The zero-order valence-corrected chi connectivity index (χ0v) is 40.9. The number of rotatable bonds is 47. The predicted octanol–water partition coefficient (Wildman–Crippen LogP) is 12.7. The number of hydrogen-bond donors (Lipinski definition) is 6. The summed E-state index contributed by atoms with van der Waals surface area (Å²) in [6, 6.07) is -0.712. The summed E-state index contributed by atoms with van der Waals surface area (Å²) in [5.41, 5.74) is 0. The van der Waals surface area contributed by atoms with Crippen molar-refractivity contribution in [2.24, 2.45) is 0 Å². The minimum absolute atomic E-state index is 0.131. The molecular formula is C53H105NO8. The van der Waals surface area contributed by atoms with Gasteiger partial charge in [0.25, 0.3) is 0 Å². The van der Waals surface area contributed by atoms with Crippen LogP contribution in [0.5, 0.6) is 0 Å². The quantitative estimate of drug-likeness (QED) is 0.0331. The molecule has 9 heteroatoms. The van der Waals surface area contributed by atoms with E-state index in [9.17, 15) is 30.3 Å². The van der Waals surface area contributed by atoms with Gasteiger partial charge in [0.15, 0.2) is 6.29 Å². The third-order valence-electron chi connectivity index (χ3n) is 13.5. The van der Waals surface area contributed by atoms with Crippen molar-refractivity contribution in [2.45, 2.75) is 320 Å². The van der Waals surface area contributed by atoms with Gasteiger partial charge in [-0.05, 0) is 12.8 Å². The summed E-state index contributed by atoms with van der Waals surface area (Å²) in [7, 11) is 0. The van der Waals surface area contributed by atoms with Gasteiger partial charge < -0.3 is 40.3 Å². The summed E-state index contributed by atoms with van der Waals surface area (Å²) in [6.45, 7) is 3.88. The topological polar surface area (TPSA) is 149 Å². The van der Waals surface area contributed by atoms with Crippen molar-refractivity contribution in [1.29, 1.82) is 0 Å². The molecule has 1 fully saturated rings. The number of carbonyl (C=O) groups is 1. The molecule has 9 nitrogen and oxygen atoms in total. The number of nitrogens with one attached hydrogen (secondary N) is 1. The first-order valence-electron chi connectivity index (χ1n) is 27.2. The van der Waals surface area contributed by atoms with E-state index in [4.69, 9.17) is 9.47 Å². The van der Waals surface area contributed by atoms with E-state index in [2.05, 4.69) is 19.2 Å². The van der Waals surface area contributed by atoms with Crippen LogP contribution in [-0.2, 0) is 14.3 Å². The highest BCUT2D eigenvalue weighted by molar-refractivity contribution is 5.76. The molecule has 0 spiro atoms. The van der Waals surface area contributed by atoms with Crippen LogP contribution in [0.1, 0.15) is 277 Å². The van der Waals surface area contributed by atoms with Crippen molar-refractivity contribution in [1.82, 2.24) is 5.32 Å². The lowest BCUT2D eigenvalue weighted by Crippen LogP contribution is -2.60. The SMILES string of the molecule is CCCCCCCCCCCCCCCCCCCCCCC(=O)NC(COC1OC(CO)C(O)C(O)C1O)C(O)CCCCCCCCCCCCCCCCCCCCC. The lowest BCUT2D eigenvalue weighted by atomic mass is 9.99. The van der Waals surface area contributed by atoms with Crippen LogP contribution in [0.25, 0.3) is 0 Å². The van der Waals surface area contributed by atoms with Gasteiger partial charge in [-0.3, -0.25) is 4.79 Å². The largest absolute Gasteiger partial charge is 0.394 e. The molecule has 0 radical (unpaired) electrons. The minimum Gasteiger partial charge on any atom is -0.394 e. The van der Waals surface area contributed by atoms with E-state index in [0.29, 0.717) is 12.8 Å². The van der Waals surface area contributed by atoms with Crippen LogP contribution in [0.2, 0.25) is 0 Å². The number of ether oxygens (including phenoxy) is 2. The third-order valence-corrected chi connectivity index (χ3v) is 13.5. The zero-order chi connectivity index (χ0) is 45.1. The Morgan fingerprint density at radius 1 is 0.484 bits per heavy atom. The molecule has 62 heavy (non-hydrogen) atoms. The van der Waals surface area contributed by atoms with Gasteiger partial charge in [0.2, 0.25) is 5.91 Å². The van der Waals surface area contributed by atoms with Gasteiger partial charge in [0.05, 0.1) is 25.4 Å². The van der Waals surface area contributed by atoms with E-state index in [1.54, 1.807) is 0 Å². The van der Waals surface area contributed by atoms with Crippen molar-refractivity contribution in [3.8, 4) is 0 Å². The molecule has 6 N–H and O–H groups in total. The van der Waals surface area contributed by atoms with Crippen molar-refractivity contribution >= 4 is 5.91 Å². The zero-order valence-electron chi connectivity index (χ0n) is 40.9. The Bertz CT molecular complexity index is 939. The van der Waals surface area contributed by atoms with E-state index < -0.39 is 49.5 Å². The van der Waals surface area contributed by atoms with Crippen LogP contribution in [0.15, 0.2) is 0 Å². The maximum atomic E-state index is 13.0. The first-order chi connectivity index (χ1) is 30.3. The molecule has 1 aliphatic rings. The van der Waals surface area contributed by atoms with Gasteiger partial charge in [-0.2, -0.15) is 0 Å². The van der Waals surface area contributed by atoms with Crippen LogP contribution >= 0.6 is 0 Å². The fourth-order valence-corrected chi connectivity index (χ4v) is 9.11. The van der Waals surface area contributed by atoms with Gasteiger partial charge in [-0.25, -0.2) is 0 Å². The van der Waals surface area contributed by atoms with E-state index >= 15 is 0 Å². The van der Waals surface area contributed by atoms with Gasteiger partial charge >= 0.3 is 0 Å². The molecule has 370 valence electrons. The molecule has 0 saturated carbocycles. The van der Waals surface area contributed by atoms with Gasteiger partial charge in [-0.1, -0.05) is 258 Å². The second kappa shape index (κ2) is 44.0. The maximum Gasteiger partial charge on any atom is 0.220 e. The first-order valence-corrected chi connectivity index (χ1v) is 27.2. The van der Waals surface area contributed by atoms with Gasteiger partial charge in [0.1, 0.15) is 24.4 Å². The molecule has 0 aromatic heterocycles. The fraction of sp³-hybridized carbons (Fsp3) is 0.981. The summed E-state index contributed by atoms with van der Waals surface area (Å²) in [5, 5.41) is 54.6. The van der Waals surface area contributed by atoms with Crippen LogP contribution < -0.4 is 5.32 Å². The number of carbonyl (C=O) groups excluding carboxylic acids is 1. The minimum atomic E-state index is -1.55. The summed E-state index contributed by atoms with van der Waals surface area (Å²) in [5.74, 6) is -0.137. The smallest absolute Gasteiger partial charge is 0.220 e. The molecule has 1 rings (SSSR count). The van der Waals surface area contributed by atoms with Gasteiger partial charge in [-0.15, -0.1) is 0 Å². The normalized spacial score (nSPS) is 20.1. The van der Waals surface area contributed by atoms with Crippen LogP contribution in [0.3, 0.4) is 0 Å². The van der Waals surface area contributed by atoms with Crippen molar-refractivity contribution in [3.63, 3.8) is 0 Å². The van der Waals surface area contributed by atoms with Gasteiger partial charge in [0, 0.05) is 6.42 Å². The Morgan fingerprint density at radius 2 is 0.806 bits per heavy atom. The Kier molecular flexibility index (Phi) is 42.1. The molecule has 1 aliphatic heterocycles. The summed E-state index contributed by atoms with van der Waals surface area (Å²) in [4.78, 5) is 13.0. The number of aliphatic hydroxyl groups is 5. The van der Waals surface area contributed by atoms with Crippen LogP contribution in [-0.4, -0.2) is 87.5 Å². The van der Waals surface area contributed by atoms with Crippen molar-refractivity contribution in [3.05, 3.63) is 0 Å². The van der Waals surface area contributed by atoms with E-state index in [1.807, 2.05) is 0 Å². The molecule has 1 saturated heterocycles. The third kappa shape index (κ3) is 33.6. The maximum absolute atomic E-state index is 13.0. The first kappa shape index (κ1) is 59.2. The second-order valence-electron chi connectivity index (χ2n) is 19.4. The average Bonchev–Trinajstić information content (AvgIpc) is 3.27. The lowest BCUT2D eigenvalue weighted by molar-refractivity contribution is -0.302. The Balaban J connectivity index is 2.23. The number of amides is 1.